The number of fused-ring (bicyclic) bond motifs is 5. The fourth-order valence-corrected chi connectivity index (χ4v) is 8.86. The molecule has 0 saturated heterocycles. The van der Waals surface area contributed by atoms with Crippen molar-refractivity contribution in [2.24, 2.45) is 17.3 Å². The van der Waals surface area contributed by atoms with Crippen molar-refractivity contribution in [3.05, 3.63) is 59.2 Å². The highest BCUT2D eigenvalue weighted by molar-refractivity contribution is 5.77. The third-order valence-electron chi connectivity index (χ3n) is 11.2. The van der Waals surface area contributed by atoms with E-state index >= 15 is 0 Å². The zero-order valence-corrected chi connectivity index (χ0v) is 29.6. The van der Waals surface area contributed by atoms with Crippen molar-refractivity contribution in [3.8, 4) is 11.5 Å². The second-order valence-electron chi connectivity index (χ2n) is 14.5. The van der Waals surface area contributed by atoms with Gasteiger partial charge in [0.2, 0.25) is 5.91 Å². The molecule has 3 aliphatic rings. The van der Waals surface area contributed by atoms with Crippen LogP contribution in [0.3, 0.4) is 0 Å². The van der Waals surface area contributed by atoms with Crippen LogP contribution in [0.1, 0.15) is 114 Å². The monoisotopic (exact) mass is 661 g/mol. The molecule has 6 atom stereocenters. The Morgan fingerprint density at radius 1 is 0.896 bits per heavy atom. The summed E-state index contributed by atoms with van der Waals surface area (Å²) in [6.07, 6.45) is 9.80. The molecule has 1 amide bonds. The number of rotatable bonds is 15. The molecule has 0 heterocycles. The largest absolute Gasteiger partial charge is 0.494 e. The average Bonchev–Trinajstić information content (AvgIpc) is 3.38. The summed E-state index contributed by atoms with van der Waals surface area (Å²) >= 11 is 0. The quantitative estimate of drug-likeness (QED) is 0.110. The number of esters is 2. The van der Waals surface area contributed by atoms with Crippen LogP contribution < -0.4 is 9.47 Å². The van der Waals surface area contributed by atoms with Gasteiger partial charge in [-0.2, -0.15) is 0 Å². The lowest BCUT2D eigenvalue weighted by Crippen LogP contribution is -2.48. The normalized spacial score (nSPS) is 25.7. The van der Waals surface area contributed by atoms with Crippen molar-refractivity contribution in [2.75, 3.05) is 33.4 Å². The fraction of sp³-hybridized carbons (Fsp3) is 0.625. The zero-order chi connectivity index (χ0) is 34.3. The Morgan fingerprint density at radius 2 is 1.65 bits per heavy atom. The van der Waals surface area contributed by atoms with Crippen LogP contribution in [0, 0.1) is 17.3 Å². The molecule has 0 spiro atoms. The first kappa shape index (κ1) is 35.9. The minimum absolute atomic E-state index is 0.0430. The molecule has 2 aromatic rings. The number of aryl methyl sites for hydroxylation is 1. The highest BCUT2D eigenvalue weighted by atomic mass is 16.5. The third-order valence-corrected chi connectivity index (χ3v) is 11.2. The predicted octanol–water partition coefficient (Wildman–Crippen LogP) is 7.62. The summed E-state index contributed by atoms with van der Waals surface area (Å²) < 4.78 is 23.1. The molecule has 48 heavy (non-hydrogen) atoms. The van der Waals surface area contributed by atoms with Crippen LogP contribution in [0.5, 0.6) is 11.5 Å². The number of carbonyl (C=O) groups is 3. The van der Waals surface area contributed by atoms with Gasteiger partial charge in [0.1, 0.15) is 24.2 Å². The van der Waals surface area contributed by atoms with Crippen LogP contribution in [-0.4, -0.2) is 62.3 Å². The van der Waals surface area contributed by atoms with Gasteiger partial charge in [0, 0.05) is 39.5 Å². The van der Waals surface area contributed by atoms with Crippen LogP contribution in [0.25, 0.3) is 0 Å². The Balaban J connectivity index is 1.21. The Hall–Kier alpha value is -3.39. The van der Waals surface area contributed by atoms with E-state index in [9.17, 15) is 14.4 Å². The number of nitrogens with zero attached hydrogens (tertiary/aromatic N) is 1. The number of likely N-dealkylation sites (N-methyl/N-ethyl adjacent to an activating group) is 1. The molecule has 0 bridgehead atoms. The minimum Gasteiger partial charge on any atom is -0.494 e. The second kappa shape index (κ2) is 16.3. The Morgan fingerprint density at radius 3 is 2.38 bits per heavy atom. The maximum Gasteiger partial charge on any atom is 0.308 e. The highest BCUT2D eigenvalue weighted by Crippen LogP contribution is 2.65. The molecule has 262 valence electrons. The van der Waals surface area contributed by atoms with E-state index in [4.69, 9.17) is 18.9 Å². The zero-order valence-electron chi connectivity index (χ0n) is 29.6. The summed E-state index contributed by atoms with van der Waals surface area (Å²) in [6.45, 7) is 9.59. The average molecular weight is 662 g/mol. The summed E-state index contributed by atoms with van der Waals surface area (Å²) in [5, 5.41) is 0. The van der Waals surface area contributed by atoms with E-state index in [1.54, 1.807) is 4.90 Å². The van der Waals surface area contributed by atoms with Crippen molar-refractivity contribution in [3.63, 3.8) is 0 Å². The molecule has 0 N–H and O–H groups in total. The second-order valence-corrected chi connectivity index (χ2v) is 14.5. The van der Waals surface area contributed by atoms with Gasteiger partial charge in [0.15, 0.2) is 0 Å². The van der Waals surface area contributed by atoms with Gasteiger partial charge in [-0.25, -0.2) is 0 Å². The van der Waals surface area contributed by atoms with E-state index in [2.05, 4.69) is 50.2 Å². The standard InChI is InChI=1S/C40H55NO7/c1-6-7-21-41(5)38(44)26-45-22-9-8-10-23-46-31-14-11-29(12-15-31)35-25-40(4)36(19-20-37(40)48-28(3)43)34-17-13-30-24-32(47-27(2)42)16-18-33(30)39(34)35/h11-12,14-16,18,24,34-37,39H,6-10,13,17,19-23,25-26H2,1-5H3/t34-,35+,36-,37-,39+,40-/m0/s1. The maximum atomic E-state index is 12.1. The van der Waals surface area contributed by atoms with Crippen molar-refractivity contribution in [2.45, 2.75) is 110 Å². The first-order chi connectivity index (χ1) is 23.1. The van der Waals surface area contributed by atoms with Crippen molar-refractivity contribution in [1.82, 2.24) is 4.90 Å². The summed E-state index contributed by atoms with van der Waals surface area (Å²) in [5.74, 6) is 2.61. The minimum atomic E-state index is -0.303. The Labute approximate surface area is 286 Å². The molecule has 3 aliphatic carbocycles. The first-order valence-corrected chi connectivity index (χ1v) is 18.1. The lowest BCUT2D eigenvalue weighted by Gasteiger charge is -2.54. The van der Waals surface area contributed by atoms with Gasteiger partial charge in [0.25, 0.3) is 0 Å². The van der Waals surface area contributed by atoms with Crippen LogP contribution in [0.4, 0.5) is 0 Å². The molecule has 0 radical (unpaired) electrons. The Kier molecular flexibility index (Phi) is 12.2. The maximum absolute atomic E-state index is 12.1. The highest BCUT2D eigenvalue weighted by Gasteiger charge is 2.59. The summed E-state index contributed by atoms with van der Waals surface area (Å²) in [4.78, 5) is 37.6. The van der Waals surface area contributed by atoms with E-state index in [1.807, 2.05) is 13.1 Å². The number of hydrogen-bond donors (Lipinski definition) is 0. The smallest absolute Gasteiger partial charge is 0.308 e. The first-order valence-electron chi connectivity index (χ1n) is 18.1. The number of unbranched alkanes of at least 4 members (excludes halogenated alkanes) is 3. The molecular formula is C40H55NO7. The number of carbonyl (C=O) groups excluding carboxylic acids is 3. The molecule has 0 unspecified atom stereocenters. The van der Waals surface area contributed by atoms with Crippen LogP contribution in [-0.2, 0) is 30.3 Å². The van der Waals surface area contributed by atoms with E-state index < -0.39 is 0 Å². The third kappa shape index (κ3) is 8.42. The molecule has 2 saturated carbocycles. The van der Waals surface area contributed by atoms with Crippen molar-refractivity contribution >= 4 is 17.8 Å². The molecule has 2 aromatic carbocycles. The van der Waals surface area contributed by atoms with Gasteiger partial charge in [-0.05, 0) is 122 Å². The summed E-state index contributed by atoms with van der Waals surface area (Å²) in [7, 11) is 1.84. The van der Waals surface area contributed by atoms with Crippen LogP contribution >= 0.6 is 0 Å². The van der Waals surface area contributed by atoms with Crippen LogP contribution in [0.15, 0.2) is 42.5 Å². The van der Waals surface area contributed by atoms with Crippen molar-refractivity contribution < 1.29 is 33.3 Å². The lowest BCUT2D eigenvalue weighted by atomic mass is 9.51. The van der Waals surface area contributed by atoms with Crippen molar-refractivity contribution in [1.29, 1.82) is 0 Å². The topological polar surface area (TPSA) is 91.4 Å². The molecule has 5 rings (SSSR count). The summed E-state index contributed by atoms with van der Waals surface area (Å²) in [5.41, 5.74) is 3.84. The number of benzene rings is 2. The van der Waals surface area contributed by atoms with Gasteiger partial charge in [-0.3, -0.25) is 14.4 Å². The van der Waals surface area contributed by atoms with Gasteiger partial charge >= 0.3 is 11.9 Å². The predicted molar refractivity (Wildman–Crippen MR) is 185 cm³/mol. The SMILES string of the molecule is CCCCN(C)C(=O)COCCCCCOc1ccc([C@H]2C[C@]3(C)[C@@H](OC(C)=O)CC[C@H]3[C@@H]3CCc4cc(OC(C)=O)ccc4[C@H]32)cc1. The van der Waals surface area contributed by atoms with Gasteiger partial charge in [-0.1, -0.05) is 38.5 Å². The van der Waals surface area contributed by atoms with E-state index in [0.717, 1.165) is 76.5 Å². The van der Waals surface area contributed by atoms with E-state index in [1.165, 1.54) is 30.5 Å². The molecule has 2 fully saturated rings. The lowest BCUT2D eigenvalue weighted by molar-refractivity contribution is -0.155. The van der Waals surface area contributed by atoms with Crippen LogP contribution in [0.2, 0.25) is 0 Å². The molecule has 0 aromatic heterocycles. The Bertz CT molecular complexity index is 1410. The number of hydrogen-bond acceptors (Lipinski definition) is 7. The fourth-order valence-electron chi connectivity index (χ4n) is 8.86. The number of amides is 1. The molecular weight excluding hydrogens is 606 g/mol. The molecule has 0 aliphatic heterocycles. The van der Waals surface area contributed by atoms with Gasteiger partial charge < -0.3 is 23.8 Å². The van der Waals surface area contributed by atoms with Gasteiger partial charge in [-0.15, -0.1) is 0 Å². The summed E-state index contributed by atoms with van der Waals surface area (Å²) in [6, 6.07) is 14.8. The van der Waals surface area contributed by atoms with Gasteiger partial charge in [0.05, 0.1) is 6.61 Å². The number of ether oxygens (including phenoxy) is 4. The van der Waals surface area contributed by atoms with E-state index in [-0.39, 0.29) is 41.9 Å². The molecule has 8 nitrogen and oxygen atoms in total. The molecule has 8 heteroatoms. The van der Waals surface area contributed by atoms with E-state index in [0.29, 0.717) is 36.7 Å².